The van der Waals surface area contributed by atoms with Crippen LogP contribution in [0.15, 0.2) is 53.0 Å². The van der Waals surface area contributed by atoms with Crippen molar-refractivity contribution in [1.29, 1.82) is 0 Å². The molecule has 0 spiro atoms. The van der Waals surface area contributed by atoms with Gasteiger partial charge in [-0.15, -0.1) is 21.5 Å². The molecule has 1 unspecified atom stereocenters. The Labute approximate surface area is 180 Å². The van der Waals surface area contributed by atoms with Gasteiger partial charge >= 0.3 is 0 Å². The van der Waals surface area contributed by atoms with Gasteiger partial charge < -0.3 is 9.47 Å². The monoisotopic (exact) mass is 426 g/mol. The van der Waals surface area contributed by atoms with Gasteiger partial charge in [-0.1, -0.05) is 48.2 Å². The first kappa shape index (κ1) is 20.2. The highest BCUT2D eigenvalue weighted by atomic mass is 32.2. The Morgan fingerprint density at radius 1 is 1.17 bits per heavy atom. The number of thioether (sulfide) groups is 1. The van der Waals surface area contributed by atoms with E-state index in [2.05, 4.69) is 40.5 Å². The largest absolute Gasteiger partial charge is 0.342 e. The molecule has 1 amide bonds. The van der Waals surface area contributed by atoms with E-state index in [0.717, 1.165) is 48.2 Å². The quantitative estimate of drug-likeness (QED) is 0.545. The van der Waals surface area contributed by atoms with Crippen LogP contribution in [0, 0.1) is 5.92 Å². The third kappa shape index (κ3) is 4.73. The molecule has 2 aromatic heterocycles. The van der Waals surface area contributed by atoms with Gasteiger partial charge in [-0.2, -0.15) is 0 Å². The number of hydrogen-bond donors (Lipinski definition) is 0. The van der Waals surface area contributed by atoms with Crippen LogP contribution in [0.4, 0.5) is 0 Å². The molecule has 0 radical (unpaired) electrons. The molecule has 0 aliphatic carbocycles. The fourth-order valence-corrected chi connectivity index (χ4v) is 5.45. The highest BCUT2D eigenvalue weighted by Gasteiger charge is 2.28. The molecule has 0 N–H and O–H groups in total. The topological polar surface area (TPSA) is 51.0 Å². The van der Waals surface area contributed by atoms with Crippen LogP contribution in [-0.2, 0) is 18.3 Å². The molecule has 29 heavy (non-hydrogen) atoms. The molecule has 1 atom stereocenters. The summed E-state index contributed by atoms with van der Waals surface area (Å²) in [6, 6.07) is 14.7. The molecule has 5 nitrogen and oxygen atoms in total. The zero-order valence-corrected chi connectivity index (χ0v) is 18.5. The molecule has 4 rings (SSSR count). The predicted octanol–water partition coefficient (Wildman–Crippen LogP) is 4.51. The Bertz CT molecular complexity index is 931. The smallest absolute Gasteiger partial charge is 0.235 e. The standard InChI is InChI=1S/C22H26N4OS2/c1-16(29-22-24-23-20(25(22)2)19-9-6-14-28-19)21(27)26-12-10-18(11-13-26)15-17-7-4-3-5-8-17/h3-9,14,16,18H,10-13,15H2,1-2H3. The van der Waals surface area contributed by atoms with E-state index in [1.165, 1.54) is 17.3 Å². The minimum atomic E-state index is -0.167. The highest BCUT2D eigenvalue weighted by molar-refractivity contribution is 8.00. The van der Waals surface area contributed by atoms with Gasteiger partial charge in [0, 0.05) is 20.1 Å². The number of aromatic nitrogens is 3. The summed E-state index contributed by atoms with van der Waals surface area (Å²) in [5, 5.41) is 11.3. The summed E-state index contributed by atoms with van der Waals surface area (Å²) in [4.78, 5) is 16.1. The van der Waals surface area contributed by atoms with Gasteiger partial charge in [0.25, 0.3) is 0 Å². The van der Waals surface area contributed by atoms with Crippen molar-refractivity contribution in [3.05, 3.63) is 53.4 Å². The molecule has 7 heteroatoms. The van der Waals surface area contributed by atoms with E-state index in [-0.39, 0.29) is 11.2 Å². The molecule has 3 aromatic rings. The van der Waals surface area contributed by atoms with Crippen LogP contribution in [0.2, 0.25) is 0 Å². The fraction of sp³-hybridized carbons (Fsp3) is 0.409. The van der Waals surface area contributed by atoms with Crippen LogP contribution in [0.5, 0.6) is 0 Å². The number of benzene rings is 1. The van der Waals surface area contributed by atoms with Gasteiger partial charge in [-0.25, -0.2) is 0 Å². The van der Waals surface area contributed by atoms with E-state index in [1.54, 1.807) is 11.3 Å². The fourth-order valence-electron chi connectivity index (χ4n) is 3.81. The minimum Gasteiger partial charge on any atom is -0.342 e. The van der Waals surface area contributed by atoms with Crippen LogP contribution in [0.3, 0.4) is 0 Å². The Hall–Kier alpha value is -2.12. The molecule has 0 saturated carbocycles. The van der Waals surface area contributed by atoms with Crippen LogP contribution in [-0.4, -0.2) is 43.9 Å². The molecule has 1 aliphatic rings. The molecule has 0 bridgehead atoms. The van der Waals surface area contributed by atoms with Crippen molar-refractivity contribution < 1.29 is 4.79 Å². The zero-order valence-electron chi connectivity index (χ0n) is 16.8. The third-order valence-electron chi connectivity index (χ3n) is 5.50. The number of thiophene rings is 1. The summed E-state index contributed by atoms with van der Waals surface area (Å²) < 4.78 is 1.98. The van der Waals surface area contributed by atoms with Crippen LogP contribution in [0.25, 0.3) is 10.7 Å². The number of rotatable bonds is 6. The highest BCUT2D eigenvalue weighted by Crippen LogP contribution is 2.29. The normalized spacial score (nSPS) is 16.1. The van der Waals surface area contributed by atoms with E-state index < -0.39 is 0 Å². The number of nitrogens with zero attached hydrogens (tertiary/aromatic N) is 4. The van der Waals surface area contributed by atoms with Gasteiger partial charge in [0.05, 0.1) is 10.1 Å². The third-order valence-corrected chi connectivity index (χ3v) is 7.49. The van der Waals surface area contributed by atoms with Crippen LogP contribution in [0.1, 0.15) is 25.3 Å². The minimum absolute atomic E-state index is 0.167. The lowest BCUT2D eigenvalue weighted by atomic mass is 9.90. The van der Waals surface area contributed by atoms with Crippen molar-refractivity contribution in [3.63, 3.8) is 0 Å². The van der Waals surface area contributed by atoms with Crippen molar-refractivity contribution >= 4 is 29.0 Å². The van der Waals surface area contributed by atoms with E-state index in [1.807, 2.05) is 41.0 Å². The van der Waals surface area contributed by atoms with Gasteiger partial charge in [-0.3, -0.25) is 4.79 Å². The summed E-state index contributed by atoms with van der Waals surface area (Å²) >= 11 is 3.14. The lowest BCUT2D eigenvalue weighted by Gasteiger charge is -2.33. The maximum absolute atomic E-state index is 13.0. The molecule has 1 saturated heterocycles. The molecule has 1 aliphatic heterocycles. The average Bonchev–Trinajstić information content (AvgIpc) is 3.39. The number of carbonyl (C=O) groups excluding carboxylic acids is 1. The first-order valence-corrected chi connectivity index (χ1v) is 11.8. The number of amides is 1. The number of carbonyl (C=O) groups is 1. The van der Waals surface area contributed by atoms with Gasteiger partial charge in [0.1, 0.15) is 0 Å². The second-order valence-corrected chi connectivity index (χ2v) is 9.82. The summed E-state index contributed by atoms with van der Waals surface area (Å²) in [5.41, 5.74) is 1.39. The second kappa shape index (κ2) is 9.13. The molecule has 152 valence electrons. The zero-order chi connectivity index (χ0) is 20.2. The Morgan fingerprint density at radius 2 is 1.93 bits per heavy atom. The van der Waals surface area contributed by atoms with Crippen LogP contribution < -0.4 is 0 Å². The summed E-state index contributed by atoms with van der Waals surface area (Å²) in [7, 11) is 1.96. The Kier molecular flexibility index (Phi) is 6.35. The van der Waals surface area contributed by atoms with E-state index >= 15 is 0 Å². The summed E-state index contributed by atoms with van der Waals surface area (Å²) in [5.74, 6) is 1.72. The maximum Gasteiger partial charge on any atom is 0.235 e. The second-order valence-electron chi connectivity index (χ2n) is 7.56. The summed E-state index contributed by atoms with van der Waals surface area (Å²) in [6.45, 7) is 3.67. The molecular formula is C22H26N4OS2. The summed E-state index contributed by atoms with van der Waals surface area (Å²) in [6.07, 6.45) is 3.26. The van der Waals surface area contributed by atoms with E-state index in [0.29, 0.717) is 5.92 Å². The van der Waals surface area contributed by atoms with Gasteiger partial charge in [0.15, 0.2) is 11.0 Å². The Morgan fingerprint density at radius 3 is 2.62 bits per heavy atom. The molecule has 1 aromatic carbocycles. The first-order valence-electron chi connectivity index (χ1n) is 10.0. The SMILES string of the molecule is CC(Sc1nnc(-c2cccs2)n1C)C(=O)N1CCC(Cc2ccccc2)CC1. The van der Waals surface area contributed by atoms with Crippen molar-refractivity contribution in [2.75, 3.05) is 13.1 Å². The predicted molar refractivity (Wildman–Crippen MR) is 119 cm³/mol. The Balaban J connectivity index is 1.31. The van der Waals surface area contributed by atoms with Crippen molar-refractivity contribution in [1.82, 2.24) is 19.7 Å². The van der Waals surface area contributed by atoms with Crippen molar-refractivity contribution in [2.24, 2.45) is 13.0 Å². The first-order chi connectivity index (χ1) is 14.1. The van der Waals surface area contributed by atoms with Gasteiger partial charge in [-0.05, 0) is 49.1 Å². The number of likely N-dealkylation sites (tertiary alicyclic amines) is 1. The average molecular weight is 427 g/mol. The van der Waals surface area contributed by atoms with E-state index in [4.69, 9.17) is 0 Å². The number of piperidine rings is 1. The lowest BCUT2D eigenvalue weighted by molar-refractivity contribution is -0.131. The lowest BCUT2D eigenvalue weighted by Crippen LogP contribution is -2.42. The van der Waals surface area contributed by atoms with Gasteiger partial charge in [0.2, 0.25) is 5.91 Å². The molecular weight excluding hydrogens is 400 g/mol. The molecule has 1 fully saturated rings. The number of hydrogen-bond acceptors (Lipinski definition) is 5. The maximum atomic E-state index is 13.0. The van der Waals surface area contributed by atoms with E-state index in [9.17, 15) is 4.79 Å². The van der Waals surface area contributed by atoms with Crippen molar-refractivity contribution in [3.8, 4) is 10.7 Å². The molecule has 3 heterocycles. The van der Waals surface area contributed by atoms with Crippen molar-refractivity contribution in [2.45, 2.75) is 36.6 Å². The van der Waals surface area contributed by atoms with Crippen LogP contribution >= 0.6 is 23.1 Å².